The number of aryl methyl sites for hydroxylation is 1. The van der Waals surface area contributed by atoms with Crippen molar-refractivity contribution >= 4 is 41.1 Å². The maximum atomic E-state index is 13.1. The summed E-state index contributed by atoms with van der Waals surface area (Å²) in [5, 5.41) is 17.9. The maximum absolute atomic E-state index is 13.1. The topological polar surface area (TPSA) is 117 Å². The monoisotopic (exact) mass is 537 g/mol. The summed E-state index contributed by atoms with van der Waals surface area (Å²) in [7, 11) is 0. The van der Waals surface area contributed by atoms with Crippen molar-refractivity contribution in [1.82, 2.24) is 16.0 Å². The largest absolute Gasteiger partial charge is 0.508 e. The first-order valence-corrected chi connectivity index (χ1v) is 12.4. The van der Waals surface area contributed by atoms with Crippen molar-refractivity contribution in [2.24, 2.45) is 0 Å². The van der Waals surface area contributed by atoms with Crippen LogP contribution in [0.5, 0.6) is 5.75 Å². The van der Waals surface area contributed by atoms with E-state index >= 15 is 0 Å². The van der Waals surface area contributed by atoms with E-state index in [1.54, 1.807) is 27.7 Å². The van der Waals surface area contributed by atoms with E-state index < -0.39 is 29.7 Å². The number of nitrogens with one attached hydrogen (secondary N) is 3. The molecule has 0 unspecified atom stereocenters. The molecular weight excluding hydrogens is 505 g/mol. The molecule has 2 aromatic rings. The summed E-state index contributed by atoms with van der Waals surface area (Å²) in [6.07, 6.45) is 0.662. The van der Waals surface area contributed by atoms with Gasteiger partial charge in [0.25, 0.3) is 0 Å². The van der Waals surface area contributed by atoms with Gasteiger partial charge in [0.05, 0.1) is 0 Å². The molecule has 0 aliphatic carbocycles. The zero-order chi connectivity index (χ0) is 26.9. The number of halogens is 2. The molecule has 0 aliphatic rings. The fourth-order valence-electron chi connectivity index (χ4n) is 3.33. The third-order valence-corrected chi connectivity index (χ3v) is 5.75. The van der Waals surface area contributed by atoms with Crippen molar-refractivity contribution in [1.29, 1.82) is 0 Å². The van der Waals surface area contributed by atoms with E-state index in [-0.39, 0.29) is 28.1 Å². The second-order valence-electron chi connectivity index (χ2n) is 9.40. The van der Waals surface area contributed by atoms with Gasteiger partial charge in [-0.25, -0.2) is 4.79 Å². The molecule has 0 aliphatic heterocycles. The molecule has 2 rings (SSSR count). The van der Waals surface area contributed by atoms with Crippen LogP contribution >= 0.6 is 23.2 Å². The summed E-state index contributed by atoms with van der Waals surface area (Å²) in [6.45, 7) is 7.08. The van der Waals surface area contributed by atoms with Crippen LogP contribution in [0.2, 0.25) is 10.0 Å². The van der Waals surface area contributed by atoms with Gasteiger partial charge < -0.3 is 25.8 Å². The standard InChI is InChI=1S/C26H33Cl2N3O5/c1-16(23(33)29-12-8-11-17-9-6-5-7-10-17)30-24(34)22(31-25(35)36-26(2,3)4)15-19-20(27)13-18(32)14-21(19)28/h5-7,9-10,13-14,16,22,32H,8,11-12,15H2,1-4H3,(H,29,33)(H,30,34)(H,31,35)/t16-,22+/m1/s1. The van der Waals surface area contributed by atoms with Crippen LogP contribution in [0.25, 0.3) is 0 Å². The van der Waals surface area contributed by atoms with Crippen molar-refractivity contribution in [2.45, 2.75) is 64.6 Å². The van der Waals surface area contributed by atoms with Crippen LogP contribution in [-0.4, -0.2) is 47.2 Å². The van der Waals surface area contributed by atoms with Gasteiger partial charge in [-0.15, -0.1) is 0 Å². The minimum atomic E-state index is -1.15. The number of phenols is 1. The fourth-order valence-corrected chi connectivity index (χ4v) is 3.96. The molecule has 0 bridgehead atoms. The first kappa shape index (κ1) is 29.3. The maximum Gasteiger partial charge on any atom is 0.408 e. The van der Waals surface area contributed by atoms with E-state index in [1.807, 2.05) is 30.3 Å². The SMILES string of the molecule is C[C@@H](NC(=O)[C@H](Cc1c(Cl)cc(O)cc1Cl)NC(=O)OC(C)(C)C)C(=O)NCCCc1ccccc1. The third kappa shape index (κ3) is 9.95. The number of rotatable bonds is 10. The lowest BCUT2D eigenvalue weighted by atomic mass is 10.0. The van der Waals surface area contributed by atoms with Crippen LogP contribution in [0.4, 0.5) is 4.79 Å². The number of benzene rings is 2. The summed E-state index contributed by atoms with van der Waals surface area (Å²) in [5.74, 6) is -1.10. The normalized spacial score (nSPS) is 12.8. The Kier molecular flexibility index (Phi) is 10.9. The van der Waals surface area contributed by atoms with Crippen molar-refractivity contribution in [3.8, 4) is 5.75 Å². The van der Waals surface area contributed by atoms with Gasteiger partial charge >= 0.3 is 6.09 Å². The van der Waals surface area contributed by atoms with E-state index in [1.165, 1.54) is 17.7 Å². The molecule has 3 amide bonds. The zero-order valence-corrected chi connectivity index (χ0v) is 22.4. The van der Waals surface area contributed by atoms with E-state index in [4.69, 9.17) is 27.9 Å². The molecule has 0 fully saturated rings. The number of phenolic OH excluding ortho intramolecular Hbond substituents is 1. The van der Waals surface area contributed by atoms with Crippen LogP contribution in [0.15, 0.2) is 42.5 Å². The number of alkyl carbamates (subject to hydrolysis) is 1. The molecule has 36 heavy (non-hydrogen) atoms. The average Bonchev–Trinajstić information content (AvgIpc) is 2.77. The summed E-state index contributed by atoms with van der Waals surface area (Å²) in [6, 6.07) is 10.5. The number of ether oxygens (including phenoxy) is 1. The Bertz CT molecular complexity index is 1030. The molecule has 8 nitrogen and oxygen atoms in total. The number of hydrogen-bond acceptors (Lipinski definition) is 5. The van der Waals surface area contributed by atoms with Crippen LogP contribution in [-0.2, 0) is 27.2 Å². The quantitative estimate of drug-likeness (QED) is 0.335. The van der Waals surface area contributed by atoms with Crippen molar-refractivity contribution in [3.63, 3.8) is 0 Å². The van der Waals surface area contributed by atoms with Gasteiger partial charge in [0, 0.05) is 23.0 Å². The van der Waals surface area contributed by atoms with Gasteiger partial charge in [-0.05, 0) is 63.8 Å². The molecule has 10 heteroatoms. The number of aromatic hydroxyl groups is 1. The molecule has 0 heterocycles. The molecule has 0 saturated heterocycles. The highest BCUT2D eigenvalue weighted by Crippen LogP contribution is 2.30. The Morgan fingerprint density at radius 1 is 1.00 bits per heavy atom. The van der Waals surface area contributed by atoms with Gasteiger partial charge in [0.15, 0.2) is 0 Å². The number of carbonyl (C=O) groups is 3. The zero-order valence-electron chi connectivity index (χ0n) is 20.9. The van der Waals surface area contributed by atoms with Gasteiger partial charge in [0.1, 0.15) is 23.4 Å². The fraction of sp³-hybridized carbons (Fsp3) is 0.423. The Morgan fingerprint density at radius 2 is 1.61 bits per heavy atom. The van der Waals surface area contributed by atoms with Crippen LogP contribution in [0.1, 0.15) is 45.2 Å². The Balaban J connectivity index is 2.02. The average molecular weight is 538 g/mol. The van der Waals surface area contributed by atoms with Crippen LogP contribution in [0, 0.1) is 0 Å². The summed E-state index contributed by atoms with van der Waals surface area (Å²) in [5.41, 5.74) is 0.743. The van der Waals surface area contributed by atoms with Crippen LogP contribution in [0.3, 0.4) is 0 Å². The van der Waals surface area contributed by atoms with Crippen molar-refractivity contribution < 1.29 is 24.2 Å². The lowest BCUT2D eigenvalue weighted by molar-refractivity contribution is -0.129. The van der Waals surface area contributed by atoms with E-state index in [0.29, 0.717) is 12.1 Å². The van der Waals surface area contributed by atoms with Crippen molar-refractivity contribution in [3.05, 3.63) is 63.6 Å². The van der Waals surface area contributed by atoms with Gasteiger partial charge in [-0.3, -0.25) is 9.59 Å². The predicted octanol–water partition coefficient (Wildman–Crippen LogP) is 4.39. The Morgan fingerprint density at radius 3 is 2.19 bits per heavy atom. The highest BCUT2D eigenvalue weighted by Gasteiger charge is 2.28. The molecule has 2 aromatic carbocycles. The summed E-state index contributed by atoms with van der Waals surface area (Å²) < 4.78 is 5.27. The number of carbonyl (C=O) groups excluding carboxylic acids is 3. The molecule has 0 radical (unpaired) electrons. The first-order chi connectivity index (χ1) is 16.9. The molecule has 0 saturated carbocycles. The molecule has 4 N–H and O–H groups in total. The van der Waals surface area contributed by atoms with Crippen LogP contribution < -0.4 is 16.0 Å². The third-order valence-electron chi connectivity index (χ3n) is 5.08. The van der Waals surface area contributed by atoms with Gasteiger partial charge in [-0.2, -0.15) is 0 Å². The minimum absolute atomic E-state index is 0.0889. The predicted molar refractivity (Wildman–Crippen MR) is 140 cm³/mol. The van der Waals surface area contributed by atoms with Crippen molar-refractivity contribution in [2.75, 3.05) is 6.54 Å². The smallest absolute Gasteiger partial charge is 0.408 e. The second kappa shape index (κ2) is 13.4. The van der Waals surface area contributed by atoms with Gasteiger partial charge in [0.2, 0.25) is 11.8 Å². The summed E-state index contributed by atoms with van der Waals surface area (Å²) in [4.78, 5) is 38.0. The molecule has 2 atom stereocenters. The molecule has 0 spiro atoms. The number of amides is 3. The van der Waals surface area contributed by atoms with E-state index in [9.17, 15) is 19.5 Å². The van der Waals surface area contributed by atoms with E-state index in [2.05, 4.69) is 16.0 Å². The summed E-state index contributed by atoms with van der Waals surface area (Å²) >= 11 is 12.4. The Labute approximate surface area is 221 Å². The first-order valence-electron chi connectivity index (χ1n) is 11.6. The molecule has 196 valence electrons. The molecular formula is C26H33Cl2N3O5. The number of hydrogen-bond donors (Lipinski definition) is 4. The highest BCUT2D eigenvalue weighted by molar-refractivity contribution is 6.36. The lowest BCUT2D eigenvalue weighted by Crippen LogP contribution is -2.54. The minimum Gasteiger partial charge on any atom is -0.508 e. The van der Waals surface area contributed by atoms with Gasteiger partial charge in [-0.1, -0.05) is 53.5 Å². The van der Waals surface area contributed by atoms with E-state index in [0.717, 1.165) is 12.8 Å². The lowest BCUT2D eigenvalue weighted by Gasteiger charge is -2.25. The highest BCUT2D eigenvalue weighted by atomic mass is 35.5. The second-order valence-corrected chi connectivity index (χ2v) is 10.2. The molecule has 0 aromatic heterocycles. The Hall–Kier alpha value is -2.97.